The summed E-state index contributed by atoms with van der Waals surface area (Å²) in [6, 6.07) is 7.17. The van der Waals surface area contributed by atoms with Crippen molar-refractivity contribution in [3.05, 3.63) is 47.0 Å². The minimum atomic E-state index is -0.992. The van der Waals surface area contributed by atoms with E-state index in [1.807, 2.05) is 12.1 Å². The molecule has 1 aliphatic heterocycles. The fourth-order valence-electron chi connectivity index (χ4n) is 2.00. The molecule has 1 atom stereocenters. The van der Waals surface area contributed by atoms with Crippen LogP contribution in [-0.2, 0) is 16.0 Å². The summed E-state index contributed by atoms with van der Waals surface area (Å²) in [6.07, 6.45) is 0.387. The molecule has 1 fully saturated rings. The lowest BCUT2D eigenvalue weighted by atomic mass is 9.78. The van der Waals surface area contributed by atoms with E-state index in [0.29, 0.717) is 23.6 Å². The van der Waals surface area contributed by atoms with Crippen molar-refractivity contribution in [3.63, 3.8) is 0 Å². The van der Waals surface area contributed by atoms with Crippen LogP contribution in [0.15, 0.2) is 36.4 Å². The first kappa shape index (κ1) is 12.1. The third kappa shape index (κ3) is 2.21. The van der Waals surface area contributed by atoms with E-state index in [1.165, 1.54) is 0 Å². The number of carbonyl (C=O) groups is 1. The minimum absolute atomic E-state index is 0.184. The van der Waals surface area contributed by atoms with Crippen LogP contribution in [0.3, 0.4) is 0 Å². The molecule has 17 heavy (non-hydrogen) atoms. The zero-order chi connectivity index (χ0) is 12.5. The number of hydrogen-bond acceptors (Lipinski definition) is 2. The first-order valence-corrected chi connectivity index (χ1v) is 5.66. The van der Waals surface area contributed by atoms with E-state index in [4.69, 9.17) is 16.3 Å². The lowest BCUT2D eigenvalue weighted by Crippen LogP contribution is -2.35. The number of halogens is 1. The molecule has 0 aliphatic carbocycles. The van der Waals surface area contributed by atoms with Gasteiger partial charge in [-0.1, -0.05) is 30.3 Å². The molecule has 4 heteroatoms. The normalized spacial score (nSPS) is 23.9. The van der Waals surface area contributed by atoms with E-state index in [0.717, 1.165) is 5.56 Å². The quantitative estimate of drug-likeness (QED) is 0.841. The molecule has 0 aromatic heterocycles. The van der Waals surface area contributed by atoms with Crippen molar-refractivity contribution in [3.8, 4) is 0 Å². The van der Waals surface area contributed by atoms with Crippen LogP contribution < -0.4 is 0 Å². The first-order chi connectivity index (χ1) is 8.04. The summed E-state index contributed by atoms with van der Waals surface area (Å²) in [5.41, 5.74) is 0.553. The average Bonchev–Trinajstić information content (AvgIpc) is 2.65. The van der Waals surface area contributed by atoms with Crippen molar-refractivity contribution >= 4 is 17.6 Å². The first-order valence-electron chi connectivity index (χ1n) is 5.28. The summed E-state index contributed by atoms with van der Waals surface area (Å²) in [5, 5.41) is 10.0. The van der Waals surface area contributed by atoms with Crippen LogP contribution in [0, 0.1) is 5.41 Å². The average molecular weight is 253 g/mol. The van der Waals surface area contributed by atoms with E-state index in [-0.39, 0.29) is 6.61 Å². The molecule has 0 saturated carbocycles. The number of rotatable bonds is 3. The largest absolute Gasteiger partial charge is 0.481 e. The Balaban J connectivity index is 2.28. The summed E-state index contributed by atoms with van der Waals surface area (Å²) in [5.74, 6) is -0.880. The summed E-state index contributed by atoms with van der Waals surface area (Å²) in [6.45, 7) is 4.31. The van der Waals surface area contributed by atoms with Crippen molar-refractivity contribution in [2.24, 2.45) is 5.41 Å². The number of carboxylic acids is 1. The maximum absolute atomic E-state index is 11.4. The van der Waals surface area contributed by atoms with Gasteiger partial charge >= 0.3 is 5.97 Å². The molecule has 1 unspecified atom stereocenters. The predicted molar refractivity (Wildman–Crippen MR) is 65.2 cm³/mol. The third-order valence-corrected chi connectivity index (χ3v) is 3.38. The van der Waals surface area contributed by atoms with E-state index >= 15 is 0 Å². The highest BCUT2D eigenvalue weighted by Crippen LogP contribution is 2.36. The molecular formula is C13H13ClO3. The minimum Gasteiger partial charge on any atom is -0.481 e. The van der Waals surface area contributed by atoms with Gasteiger partial charge in [-0.05, 0) is 29.7 Å². The van der Waals surface area contributed by atoms with Gasteiger partial charge < -0.3 is 9.84 Å². The lowest BCUT2D eigenvalue weighted by Gasteiger charge is -2.23. The predicted octanol–water partition coefficient (Wildman–Crippen LogP) is 2.54. The Bertz CT molecular complexity index is 452. The Morgan fingerprint density at radius 1 is 1.47 bits per heavy atom. The maximum Gasteiger partial charge on any atom is 0.316 e. The summed E-state index contributed by atoms with van der Waals surface area (Å²) >= 11 is 5.80. The SMILES string of the molecule is C=C1COCC1(Cc1ccc(Cl)cc1)C(=O)O. The van der Waals surface area contributed by atoms with E-state index in [1.54, 1.807) is 12.1 Å². The van der Waals surface area contributed by atoms with Crippen LogP contribution in [0.4, 0.5) is 0 Å². The van der Waals surface area contributed by atoms with Gasteiger partial charge in [0.1, 0.15) is 5.41 Å². The van der Waals surface area contributed by atoms with Gasteiger partial charge in [0.05, 0.1) is 13.2 Å². The zero-order valence-electron chi connectivity index (χ0n) is 9.28. The standard InChI is InChI=1S/C13H13ClO3/c1-9-7-17-8-13(9,12(15)16)6-10-2-4-11(14)5-3-10/h2-5H,1,6-8H2,(H,15,16). The number of hydrogen-bond donors (Lipinski definition) is 1. The highest BCUT2D eigenvalue weighted by molar-refractivity contribution is 6.30. The van der Waals surface area contributed by atoms with Crippen molar-refractivity contribution in [2.45, 2.75) is 6.42 Å². The van der Waals surface area contributed by atoms with Crippen molar-refractivity contribution in [1.82, 2.24) is 0 Å². The lowest BCUT2D eigenvalue weighted by molar-refractivity contribution is -0.147. The third-order valence-electron chi connectivity index (χ3n) is 3.13. The van der Waals surface area contributed by atoms with Crippen LogP contribution in [0.1, 0.15) is 5.56 Å². The van der Waals surface area contributed by atoms with Gasteiger partial charge in [-0.25, -0.2) is 0 Å². The molecule has 1 aromatic carbocycles. The topological polar surface area (TPSA) is 46.5 Å². The van der Waals surface area contributed by atoms with Gasteiger partial charge in [0, 0.05) is 5.02 Å². The van der Waals surface area contributed by atoms with E-state index in [2.05, 4.69) is 6.58 Å². The smallest absolute Gasteiger partial charge is 0.316 e. The fraction of sp³-hybridized carbons (Fsp3) is 0.308. The molecule has 1 saturated heterocycles. The molecule has 1 N–H and O–H groups in total. The number of ether oxygens (including phenoxy) is 1. The molecule has 3 nitrogen and oxygen atoms in total. The molecule has 1 heterocycles. The molecule has 90 valence electrons. The van der Waals surface area contributed by atoms with Gasteiger partial charge in [-0.15, -0.1) is 0 Å². The second kappa shape index (κ2) is 4.51. The Morgan fingerprint density at radius 2 is 2.12 bits per heavy atom. The molecule has 0 bridgehead atoms. The molecular weight excluding hydrogens is 240 g/mol. The zero-order valence-corrected chi connectivity index (χ0v) is 10.0. The van der Waals surface area contributed by atoms with Crippen LogP contribution >= 0.6 is 11.6 Å². The molecule has 0 radical (unpaired) electrons. The van der Waals surface area contributed by atoms with Gasteiger partial charge in [0.2, 0.25) is 0 Å². The Morgan fingerprint density at radius 3 is 2.59 bits per heavy atom. The maximum atomic E-state index is 11.4. The van der Waals surface area contributed by atoms with Gasteiger partial charge in [-0.2, -0.15) is 0 Å². The summed E-state index contributed by atoms with van der Waals surface area (Å²) in [7, 11) is 0. The van der Waals surface area contributed by atoms with Gasteiger partial charge in [-0.3, -0.25) is 4.79 Å². The summed E-state index contributed by atoms with van der Waals surface area (Å²) in [4.78, 5) is 11.4. The van der Waals surface area contributed by atoms with Crippen LogP contribution in [0.5, 0.6) is 0 Å². The molecule has 1 aliphatic rings. The van der Waals surface area contributed by atoms with Crippen molar-refractivity contribution in [2.75, 3.05) is 13.2 Å². The van der Waals surface area contributed by atoms with E-state index < -0.39 is 11.4 Å². The molecule has 1 aromatic rings. The summed E-state index contributed by atoms with van der Waals surface area (Å²) < 4.78 is 5.22. The fourth-order valence-corrected chi connectivity index (χ4v) is 2.13. The van der Waals surface area contributed by atoms with Crippen molar-refractivity contribution < 1.29 is 14.6 Å². The highest BCUT2D eigenvalue weighted by atomic mass is 35.5. The Labute approximate surface area is 105 Å². The van der Waals surface area contributed by atoms with Crippen molar-refractivity contribution in [1.29, 1.82) is 0 Å². The molecule has 0 spiro atoms. The molecule has 2 rings (SSSR count). The Hall–Kier alpha value is -1.32. The number of carboxylic acid groups (broad SMARTS) is 1. The van der Waals surface area contributed by atoms with Gasteiger partial charge in [0.25, 0.3) is 0 Å². The Kier molecular flexibility index (Phi) is 3.22. The molecule has 0 amide bonds. The van der Waals surface area contributed by atoms with Crippen LogP contribution in [-0.4, -0.2) is 24.3 Å². The van der Waals surface area contributed by atoms with Crippen LogP contribution in [0.25, 0.3) is 0 Å². The monoisotopic (exact) mass is 252 g/mol. The number of aliphatic carboxylic acids is 1. The van der Waals surface area contributed by atoms with E-state index in [9.17, 15) is 9.90 Å². The van der Waals surface area contributed by atoms with Crippen LogP contribution in [0.2, 0.25) is 5.02 Å². The highest BCUT2D eigenvalue weighted by Gasteiger charge is 2.45. The number of benzene rings is 1. The second-order valence-electron chi connectivity index (χ2n) is 4.29. The van der Waals surface area contributed by atoms with Gasteiger partial charge in [0.15, 0.2) is 0 Å². The second-order valence-corrected chi connectivity index (χ2v) is 4.72.